The van der Waals surface area contributed by atoms with Crippen molar-refractivity contribution in [3.63, 3.8) is 0 Å². The van der Waals surface area contributed by atoms with Gasteiger partial charge < -0.3 is 29.3 Å². The number of nitrogens with zero attached hydrogens (tertiary/aromatic N) is 1. The molecule has 5 rings (SSSR count). The van der Waals surface area contributed by atoms with Crippen LogP contribution in [-0.4, -0.2) is 59.7 Å². The van der Waals surface area contributed by atoms with Crippen LogP contribution in [0.4, 0.5) is 4.79 Å². The Labute approximate surface area is 228 Å². The maximum absolute atomic E-state index is 11.7. The fourth-order valence-corrected chi connectivity index (χ4v) is 4.93. The summed E-state index contributed by atoms with van der Waals surface area (Å²) in [6, 6.07) is 31.5. The number of carboxylic acid groups (broad SMARTS) is 1. The van der Waals surface area contributed by atoms with Gasteiger partial charge in [0, 0.05) is 12.5 Å². The number of piperidine rings is 1. The highest BCUT2D eigenvalue weighted by Crippen LogP contribution is 2.32. The molecule has 1 amide bonds. The molecule has 1 aliphatic heterocycles. The number of rotatable bonds is 10. The number of ether oxygens (including phenoxy) is 3. The normalized spacial score (nSPS) is 18.0. The molecule has 2 N–H and O–H groups in total. The molecule has 1 heterocycles. The zero-order valence-corrected chi connectivity index (χ0v) is 21.7. The van der Waals surface area contributed by atoms with E-state index in [1.54, 1.807) is 0 Å². The van der Waals surface area contributed by atoms with Gasteiger partial charge >= 0.3 is 6.09 Å². The van der Waals surface area contributed by atoms with Crippen LogP contribution in [0, 0.1) is 0 Å². The molecule has 4 aromatic rings. The quantitative estimate of drug-likeness (QED) is 0.275. The number of likely N-dealkylation sites (tertiary alicyclic amines) is 1. The van der Waals surface area contributed by atoms with E-state index in [9.17, 15) is 15.0 Å². The lowest BCUT2D eigenvalue weighted by Gasteiger charge is -2.37. The minimum absolute atomic E-state index is 0.0555. The van der Waals surface area contributed by atoms with Gasteiger partial charge in [-0.25, -0.2) is 4.79 Å². The Hall–Kier alpha value is -4.07. The summed E-state index contributed by atoms with van der Waals surface area (Å²) in [5.74, 6) is 1.40. The molecule has 0 aliphatic carbocycles. The van der Waals surface area contributed by atoms with Gasteiger partial charge in [0.2, 0.25) is 0 Å². The van der Waals surface area contributed by atoms with Crippen LogP contribution in [0.1, 0.15) is 23.5 Å². The van der Waals surface area contributed by atoms with E-state index in [-0.39, 0.29) is 25.2 Å². The molecular formula is C32H33NO6. The molecule has 1 fully saturated rings. The van der Waals surface area contributed by atoms with Crippen molar-refractivity contribution in [1.29, 1.82) is 0 Å². The SMILES string of the molecule is O=C(O)N1CC[C@H](c2ccc(OC[C@@H](O)COc3ccccc3)cc2)[C@@H](OCc2ccc3ccccc3c2)C1. The number of benzene rings is 4. The molecule has 202 valence electrons. The maximum Gasteiger partial charge on any atom is 0.407 e. The Bertz CT molecular complexity index is 1360. The molecule has 0 unspecified atom stereocenters. The average molecular weight is 528 g/mol. The smallest absolute Gasteiger partial charge is 0.407 e. The molecule has 0 radical (unpaired) electrons. The van der Waals surface area contributed by atoms with Crippen LogP contribution in [0.2, 0.25) is 0 Å². The van der Waals surface area contributed by atoms with E-state index in [4.69, 9.17) is 14.2 Å². The van der Waals surface area contributed by atoms with Gasteiger partial charge in [0.25, 0.3) is 0 Å². The Kier molecular flexibility index (Phi) is 8.61. The minimum atomic E-state index is -0.925. The van der Waals surface area contributed by atoms with Crippen molar-refractivity contribution in [2.24, 2.45) is 0 Å². The van der Waals surface area contributed by atoms with Crippen molar-refractivity contribution in [1.82, 2.24) is 4.90 Å². The van der Waals surface area contributed by atoms with Crippen LogP contribution in [0.5, 0.6) is 11.5 Å². The number of hydrogen-bond donors (Lipinski definition) is 2. The third-order valence-electron chi connectivity index (χ3n) is 7.04. The Balaban J connectivity index is 1.19. The van der Waals surface area contributed by atoms with Crippen molar-refractivity contribution < 1.29 is 29.2 Å². The van der Waals surface area contributed by atoms with Gasteiger partial charge in [-0.1, -0.05) is 66.7 Å². The first kappa shape index (κ1) is 26.5. The predicted octanol–water partition coefficient (Wildman–Crippen LogP) is 5.71. The highest BCUT2D eigenvalue weighted by atomic mass is 16.5. The topological polar surface area (TPSA) is 88.5 Å². The van der Waals surface area contributed by atoms with E-state index in [1.807, 2.05) is 66.7 Å². The van der Waals surface area contributed by atoms with Crippen LogP contribution in [0.15, 0.2) is 97.1 Å². The van der Waals surface area contributed by atoms with E-state index < -0.39 is 12.2 Å². The maximum atomic E-state index is 11.7. The van der Waals surface area contributed by atoms with Gasteiger partial charge in [0.05, 0.1) is 19.3 Å². The summed E-state index contributed by atoms with van der Waals surface area (Å²) in [5.41, 5.74) is 2.13. The number of carbonyl (C=O) groups is 1. The summed E-state index contributed by atoms with van der Waals surface area (Å²) in [7, 11) is 0. The van der Waals surface area contributed by atoms with E-state index in [1.165, 1.54) is 10.3 Å². The van der Waals surface area contributed by atoms with Crippen molar-refractivity contribution in [3.05, 3.63) is 108 Å². The van der Waals surface area contributed by atoms with E-state index in [2.05, 4.69) is 30.3 Å². The first-order chi connectivity index (χ1) is 19.0. The van der Waals surface area contributed by atoms with Crippen LogP contribution in [0.25, 0.3) is 10.8 Å². The summed E-state index contributed by atoms with van der Waals surface area (Å²) in [6.45, 7) is 1.44. The Morgan fingerprint density at radius 2 is 1.51 bits per heavy atom. The molecule has 3 atom stereocenters. The van der Waals surface area contributed by atoms with E-state index in [0.29, 0.717) is 37.6 Å². The van der Waals surface area contributed by atoms with Gasteiger partial charge in [0.15, 0.2) is 0 Å². The number of aliphatic hydroxyl groups is 1. The average Bonchev–Trinajstić information content (AvgIpc) is 2.98. The number of aliphatic hydroxyl groups excluding tert-OH is 1. The molecule has 4 aromatic carbocycles. The monoisotopic (exact) mass is 527 g/mol. The predicted molar refractivity (Wildman–Crippen MR) is 149 cm³/mol. The molecule has 1 aliphatic rings. The summed E-state index contributed by atoms with van der Waals surface area (Å²) >= 11 is 0. The van der Waals surface area contributed by atoms with Crippen molar-refractivity contribution in [2.45, 2.75) is 31.2 Å². The highest BCUT2D eigenvalue weighted by Gasteiger charge is 2.33. The number of hydrogen-bond acceptors (Lipinski definition) is 5. The molecule has 0 spiro atoms. The van der Waals surface area contributed by atoms with Crippen LogP contribution >= 0.6 is 0 Å². The molecule has 7 nitrogen and oxygen atoms in total. The molecule has 7 heteroatoms. The fraction of sp³-hybridized carbons (Fsp3) is 0.281. The van der Waals surface area contributed by atoms with Crippen LogP contribution in [0.3, 0.4) is 0 Å². The standard InChI is InChI=1S/C32H33NO6/c34-27(21-37-28-8-2-1-3-9-28)22-38-29-14-12-25(13-15-29)30-16-17-33(32(35)36)19-31(30)39-20-23-10-11-24-6-4-5-7-26(24)18-23/h1-15,18,27,30-31,34H,16-17,19-22H2,(H,35,36)/t27-,30+,31-/m0/s1. The largest absolute Gasteiger partial charge is 0.491 e. The second kappa shape index (κ2) is 12.7. The fourth-order valence-electron chi connectivity index (χ4n) is 4.93. The summed E-state index contributed by atoms with van der Waals surface area (Å²) in [5, 5.41) is 22.1. The lowest BCUT2D eigenvalue weighted by molar-refractivity contribution is -0.0199. The van der Waals surface area contributed by atoms with Gasteiger partial charge in [-0.15, -0.1) is 0 Å². The Morgan fingerprint density at radius 3 is 2.23 bits per heavy atom. The van der Waals surface area contributed by atoms with Crippen molar-refractivity contribution >= 4 is 16.9 Å². The summed E-state index contributed by atoms with van der Waals surface area (Å²) in [4.78, 5) is 13.1. The van der Waals surface area contributed by atoms with Crippen LogP contribution < -0.4 is 9.47 Å². The van der Waals surface area contributed by atoms with Gasteiger partial charge in [0.1, 0.15) is 30.8 Å². The molecule has 0 aromatic heterocycles. The zero-order valence-electron chi connectivity index (χ0n) is 21.7. The van der Waals surface area contributed by atoms with E-state index >= 15 is 0 Å². The van der Waals surface area contributed by atoms with Gasteiger partial charge in [-0.3, -0.25) is 0 Å². The molecule has 0 saturated carbocycles. The first-order valence-corrected chi connectivity index (χ1v) is 13.2. The third-order valence-corrected chi connectivity index (χ3v) is 7.04. The van der Waals surface area contributed by atoms with Crippen LogP contribution in [-0.2, 0) is 11.3 Å². The number of para-hydroxylation sites is 1. The summed E-state index contributed by atoms with van der Waals surface area (Å²) in [6.07, 6.45) is -1.29. The zero-order chi connectivity index (χ0) is 27.0. The highest BCUT2D eigenvalue weighted by molar-refractivity contribution is 5.82. The molecule has 39 heavy (non-hydrogen) atoms. The molecule has 0 bridgehead atoms. The second-order valence-electron chi connectivity index (χ2n) is 9.81. The lowest BCUT2D eigenvalue weighted by Crippen LogP contribution is -2.46. The van der Waals surface area contributed by atoms with Crippen molar-refractivity contribution in [3.8, 4) is 11.5 Å². The lowest BCUT2D eigenvalue weighted by atomic mass is 9.87. The van der Waals surface area contributed by atoms with Crippen molar-refractivity contribution in [2.75, 3.05) is 26.3 Å². The van der Waals surface area contributed by atoms with E-state index in [0.717, 1.165) is 16.5 Å². The number of amides is 1. The first-order valence-electron chi connectivity index (χ1n) is 13.2. The van der Waals surface area contributed by atoms with Gasteiger partial charge in [-0.05, 0) is 58.7 Å². The molecule has 1 saturated heterocycles. The third kappa shape index (κ3) is 7.07. The van der Waals surface area contributed by atoms with Gasteiger partial charge in [-0.2, -0.15) is 0 Å². The summed E-state index contributed by atoms with van der Waals surface area (Å²) < 4.78 is 17.7. The molecular weight excluding hydrogens is 494 g/mol. The number of fused-ring (bicyclic) bond motifs is 1. The Morgan fingerprint density at radius 1 is 0.846 bits per heavy atom. The minimum Gasteiger partial charge on any atom is -0.491 e. The second-order valence-corrected chi connectivity index (χ2v) is 9.81.